The third-order valence-corrected chi connectivity index (χ3v) is 5.66. The van der Waals surface area contributed by atoms with Crippen LogP contribution in [0.4, 0.5) is 5.69 Å². The van der Waals surface area contributed by atoms with Gasteiger partial charge in [0.05, 0.1) is 4.90 Å². The second kappa shape index (κ2) is 4.30. The summed E-state index contributed by atoms with van der Waals surface area (Å²) in [7, 11) is -3.51. The van der Waals surface area contributed by atoms with Crippen molar-refractivity contribution in [3.8, 4) is 0 Å². The molecular formula is C14H18N2O3S. The van der Waals surface area contributed by atoms with E-state index in [1.807, 2.05) is 13.0 Å². The van der Waals surface area contributed by atoms with Gasteiger partial charge in [0.2, 0.25) is 15.9 Å². The van der Waals surface area contributed by atoms with Crippen molar-refractivity contribution in [2.24, 2.45) is 0 Å². The van der Waals surface area contributed by atoms with Crippen LogP contribution in [0.5, 0.6) is 0 Å². The van der Waals surface area contributed by atoms with Crippen molar-refractivity contribution in [3.63, 3.8) is 0 Å². The van der Waals surface area contributed by atoms with Crippen molar-refractivity contribution in [1.29, 1.82) is 0 Å². The SMILES string of the molecule is CC(=O)N1CCc2ccc(S(=O)(=O)NC3(C)CC3)cc21. The zero-order valence-corrected chi connectivity index (χ0v) is 12.5. The second-order valence-electron chi connectivity index (χ2n) is 5.88. The van der Waals surface area contributed by atoms with Gasteiger partial charge in [0.15, 0.2) is 0 Å². The first kappa shape index (κ1) is 13.6. The van der Waals surface area contributed by atoms with E-state index in [1.54, 1.807) is 17.0 Å². The van der Waals surface area contributed by atoms with Crippen molar-refractivity contribution in [1.82, 2.24) is 4.72 Å². The monoisotopic (exact) mass is 294 g/mol. The summed E-state index contributed by atoms with van der Waals surface area (Å²) < 4.78 is 27.4. The number of nitrogens with one attached hydrogen (secondary N) is 1. The number of nitrogens with zero attached hydrogens (tertiary/aromatic N) is 1. The molecule has 5 nitrogen and oxygen atoms in total. The number of anilines is 1. The molecule has 1 aliphatic carbocycles. The van der Waals surface area contributed by atoms with Crippen molar-refractivity contribution >= 4 is 21.6 Å². The van der Waals surface area contributed by atoms with Gasteiger partial charge in [-0.3, -0.25) is 4.79 Å². The van der Waals surface area contributed by atoms with Crippen LogP contribution in [-0.4, -0.2) is 26.4 Å². The van der Waals surface area contributed by atoms with Crippen LogP contribution in [-0.2, 0) is 21.2 Å². The molecule has 0 bridgehead atoms. The fourth-order valence-corrected chi connectivity index (χ4v) is 4.01. The standard InChI is InChI=1S/C14H18N2O3S/c1-10(17)16-8-5-11-3-4-12(9-13(11)16)20(18,19)15-14(2)6-7-14/h3-4,9,15H,5-8H2,1-2H3. The van der Waals surface area contributed by atoms with E-state index in [9.17, 15) is 13.2 Å². The molecule has 0 atom stereocenters. The highest BCUT2D eigenvalue weighted by Gasteiger charge is 2.41. The smallest absolute Gasteiger partial charge is 0.241 e. The molecule has 1 heterocycles. The van der Waals surface area contributed by atoms with Gasteiger partial charge in [-0.1, -0.05) is 6.07 Å². The van der Waals surface area contributed by atoms with E-state index in [1.165, 1.54) is 6.92 Å². The van der Waals surface area contributed by atoms with Gasteiger partial charge in [-0.2, -0.15) is 0 Å². The summed E-state index contributed by atoms with van der Waals surface area (Å²) in [4.78, 5) is 13.4. The number of hydrogen-bond acceptors (Lipinski definition) is 3. The summed E-state index contributed by atoms with van der Waals surface area (Å²) in [5.74, 6) is -0.0552. The quantitative estimate of drug-likeness (QED) is 0.917. The number of rotatable bonds is 3. The number of fused-ring (bicyclic) bond motifs is 1. The lowest BCUT2D eigenvalue weighted by molar-refractivity contribution is -0.116. The van der Waals surface area contributed by atoms with Gasteiger partial charge >= 0.3 is 0 Å². The first-order valence-corrected chi connectivity index (χ1v) is 8.24. The Morgan fingerprint density at radius 2 is 2.05 bits per heavy atom. The van der Waals surface area contributed by atoms with E-state index in [0.29, 0.717) is 6.54 Å². The number of benzene rings is 1. The second-order valence-corrected chi connectivity index (χ2v) is 7.56. The summed E-state index contributed by atoms with van der Waals surface area (Å²) in [6.07, 6.45) is 2.52. The molecular weight excluding hydrogens is 276 g/mol. The maximum atomic E-state index is 12.3. The van der Waals surface area contributed by atoms with Crippen molar-refractivity contribution in [2.45, 2.75) is 43.5 Å². The average molecular weight is 294 g/mol. The third-order valence-electron chi connectivity index (χ3n) is 4.02. The van der Waals surface area contributed by atoms with Crippen LogP contribution in [0.15, 0.2) is 23.1 Å². The fraction of sp³-hybridized carbons (Fsp3) is 0.500. The van der Waals surface area contributed by atoms with Gasteiger partial charge < -0.3 is 4.90 Å². The number of carbonyl (C=O) groups is 1. The van der Waals surface area contributed by atoms with Gasteiger partial charge in [-0.05, 0) is 43.9 Å². The Labute approximate surface area is 119 Å². The van der Waals surface area contributed by atoms with Gasteiger partial charge in [-0.25, -0.2) is 13.1 Å². The van der Waals surface area contributed by atoms with Crippen LogP contribution in [0.2, 0.25) is 0 Å². The summed E-state index contributed by atoms with van der Waals surface area (Å²) in [5, 5.41) is 0. The van der Waals surface area contributed by atoms with Crippen LogP contribution < -0.4 is 9.62 Å². The molecule has 1 amide bonds. The Kier molecular flexibility index (Phi) is 2.92. The van der Waals surface area contributed by atoms with Gasteiger partial charge in [0.1, 0.15) is 0 Å². The van der Waals surface area contributed by atoms with E-state index in [0.717, 1.165) is 30.5 Å². The number of sulfonamides is 1. The molecule has 1 aliphatic heterocycles. The van der Waals surface area contributed by atoms with Gasteiger partial charge in [0, 0.05) is 24.7 Å². The first-order valence-electron chi connectivity index (χ1n) is 6.76. The minimum Gasteiger partial charge on any atom is -0.312 e. The predicted molar refractivity (Wildman–Crippen MR) is 76.1 cm³/mol. The summed E-state index contributed by atoms with van der Waals surface area (Å²) in [6, 6.07) is 5.04. The lowest BCUT2D eigenvalue weighted by atomic mass is 10.2. The van der Waals surface area contributed by atoms with E-state index in [2.05, 4.69) is 4.72 Å². The molecule has 1 N–H and O–H groups in total. The molecule has 0 spiro atoms. The Morgan fingerprint density at radius 3 is 2.65 bits per heavy atom. The minimum absolute atomic E-state index is 0.0552. The molecule has 3 rings (SSSR count). The molecule has 6 heteroatoms. The van der Waals surface area contributed by atoms with Gasteiger partial charge in [-0.15, -0.1) is 0 Å². The third kappa shape index (κ3) is 2.33. The molecule has 1 fully saturated rings. The van der Waals surface area contributed by atoms with E-state index < -0.39 is 10.0 Å². The highest BCUT2D eigenvalue weighted by Crippen LogP contribution is 2.37. The molecule has 20 heavy (non-hydrogen) atoms. The highest BCUT2D eigenvalue weighted by molar-refractivity contribution is 7.89. The largest absolute Gasteiger partial charge is 0.312 e. The summed E-state index contributed by atoms with van der Waals surface area (Å²) in [6.45, 7) is 4.03. The minimum atomic E-state index is -3.51. The molecule has 108 valence electrons. The van der Waals surface area contributed by atoms with Gasteiger partial charge in [0.25, 0.3) is 0 Å². The Hall–Kier alpha value is -1.40. The summed E-state index contributed by atoms with van der Waals surface area (Å²) in [5.41, 5.74) is 1.45. The average Bonchev–Trinajstić information content (AvgIpc) is 2.91. The highest BCUT2D eigenvalue weighted by atomic mass is 32.2. The van der Waals surface area contributed by atoms with Crippen LogP contribution >= 0.6 is 0 Å². The molecule has 1 saturated carbocycles. The van der Waals surface area contributed by atoms with Crippen LogP contribution in [0.1, 0.15) is 32.3 Å². The van der Waals surface area contributed by atoms with Crippen LogP contribution in [0.3, 0.4) is 0 Å². The van der Waals surface area contributed by atoms with E-state index >= 15 is 0 Å². The Balaban J connectivity index is 1.96. The lowest BCUT2D eigenvalue weighted by Gasteiger charge is -2.17. The molecule has 0 radical (unpaired) electrons. The molecule has 1 aromatic carbocycles. The molecule has 0 unspecified atom stereocenters. The number of hydrogen-bond donors (Lipinski definition) is 1. The fourth-order valence-electron chi connectivity index (χ4n) is 2.53. The molecule has 2 aliphatic rings. The van der Waals surface area contributed by atoms with Crippen molar-refractivity contribution < 1.29 is 13.2 Å². The molecule has 0 saturated heterocycles. The first-order chi connectivity index (χ1) is 9.31. The van der Waals surface area contributed by atoms with E-state index in [4.69, 9.17) is 0 Å². The predicted octanol–water partition coefficient (Wildman–Crippen LogP) is 1.43. The normalized spacial score (nSPS) is 19.8. The van der Waals surface area contributed by atoms with Crippen molar-refractivity contribution in [2.75, 3.05) is 11.4 Å². The summed E-state index contributed by atoms with van der Waals surface area (Å²) >= 11 is 0. The zero-order valence-electron chi connectivity index (χ0n) is 11.6. The number of carbonyl (C=O) groups excluding carboxylic acids is 1. The zero-order chi connectivity index (χ0) is 14.5. The van der Waals surface area contributed by atoms with Crippen molar-refractivity contribution in [3.05, 3.63) is 23.8 Å². The van der Waals surface area contributed by atoms with Crippen LogP contribution in [0, 0.1) is 0 Å². The Morgan fingerprint density at radius 1 is 1.35 bits per heavy atom. The Bertz CT molecular complexity index is 678. The maximum Gasteiger partial charge on any atom is 0.241 e. The topological polar surface area (TPSA) is 66.5 Å². The molecule has 0 aromatic heterocycles. The molecule has 1 aromatic rings. The number of amides is 1. The maximum absolute atomic E-state index is 12.3. The lowest BCUT2D eigenvalue weighted by Crippen LogP contribution is -2.34. The van der Waals surface area contributed by atoms with Crippen LogP contribution in [0.25, 0.3) is 0 Å². The van der Waals surface area contributed by atoms with E-state index in [-0.39, 0.29) is 16.3 Å².